The number of benzene rings is 1. The molecule has 0 radical (unpaired) electrons. The number of aryl methyl sites for hydroxylation is 1. The largest absolute Gasteiger partial charge is 0.467 e. The van der Waals surface area contributed by atoms with Crippen LogP contribution in [0.3, 0.4) is 0 Å². The molecule has 7 nitrogen and oxygen atoms in total. The van der Waals surface area contributed by atoms with Gasteiger partial charge in [0.1, 0.15) is 5.76 Å². The van der Waals surface area contributed by atoms with E-state index in [-0.39, 0.29) is 11.6 Å². The maximum Gasteiger partial charge on any atom is 0.280 e. The first-order chi connectivity index (χ1) is 13.8. The molecule has 0 unspecified atom stereocenters. The third-order valence-electron chi connectivity index (χ3n) is 4.21. The van der Waals surface area contributed by atoms with Crippen molar-refractivity contribution >= 4 is 29.0 Å². The number of hydrogen-bond acceptors (Lipinski definition) is 6. The van der Waals surface area contributed by atoms with E-state index in [0.717, 1.165) is 23.5 Å². The number of aromatic nitrogens is 2. The zero-order valence-corrected chi connectivity index (χ0v) is 17.7. The second-order valence-corrected chi connectivity index (χ2v) is 8.26. The smallest absolute Gasteiger partial charge is 0.280 e. The molecule has 0 bridgehead atoms. The highest BCUT2D eigenvalue weighted by Crippen LogP contribution is 2.31. The fraction of sp³-hybridized carbons (Fsp3) is 0.333. The van der Waals surface area contributed by atoms with Crippen molar-refractivity contribution in [1.29, 1.82) is 0 Å². The van der Waals surface area contributed by atoms with Crippen LogP contribution in [-0.4, -0.2) is 26.9 Å². The molecule has 0 spiro atoms. The van der Waals surface area contributed by atoms with Crippen LogP contribution in [0.1, 0.15) is 55.5 Å². The fourth-order valence-electron chi connectivity index (χ4n) is 2.95. The number of furan rings is 1. The first-order valence-electron chi connectivity index (χ1n) is 9.35. The van der Waals surface area contributed by atoms with Crippen LogP contribution in [0.15, 0.2) is 52.5 Å². The average molecular weight is 413 g/mol. The lowest BCUT2D eigenvalue weighted by molar-refractivity contribution is -0.124. The molecule has 0 fully saturated rings. The number of carbonyl (C=O) groups is 2. The molecule has 3 rings (SSSR count). The summed E-state index contributed by atoms with van der Waals surface area (Å²) in [6.07, 6.45) is 2.29. The van der Waals surface area contributed by atoms with Crippen molar-refractivity contribution in [2.24, 2.45) is 0 Å². The zero-order valence-electron chi connectivity index (χ0n) is 16.9. The molecule has 0 saturated carbocycles. The van der Waals surface area contributed by atoms with Crippen LogP contribution in [0.25, 0.3) is 0 Å². The SMILES string of the molecule is CCc1cccc(N(C(=O)c2csnn2)[C@@H](C(=O)NC(C)(C)C)c2ccco2)c1. The maximum absolute atomic E-state index is 13.4. The van der Waals surface area contributed by atoms with Gasteiger partial charge in [-0.3, -0.25) is 14.5 Å². The Morgan fingerprint density at radius 3 is 2.62 bits per heavy atom. The Hall–Kier alpha value is -3.00. The van der Waals surface area contributed by atoms with Gasteiger partial charge in [-0.2, -0.15) is 0 Å². The molecular formula is C21H24N4O3S. The van der Waals surface area contributed by atoms with Crippen molar-refractivity contribution in [2.75, 3.05) is 4.90 Å². The Bertz CT molecular complexity index is 962. The second kappa shape index (κ2) is 8.57. The highest BCUT2D eigenvalue weighted by Gasteiger charge is 2.37. The van der Waals surface area contributed by atoms with E-state index in [9.17, 15) is 9.59 Å². The fourth-order valence-corrected chi connectivity index (χ4v) is 3.38. The van der Waals surface area contributed by atoms with Gasteiger partial charge in [0.05, 0.1) is 6.26 Å². The van der Waals surface area contributed by atoms with Gasteiger partial charge < -0.3 is 9.73 Å². The molecule has 29 heavy (non-hydrogen) atoms. The number of nitrogens with zero attached hydrogens (tertiary/aromatic N) is 3. The van der Waals surface area contributed by atoms with Gasteiger partial charge in [-0.25, -0.2) is 0 Å². The van der Waals surface area contributed by atoms with E-state index in [2.05, 4.69) is 14.9 Å². The average Bonchev–Trinajstić information content (AvgIpc) is 3.37. The van der Waals surface area contributed by atoms with Crippen molar-refractivity contribution < 1.29 is 14.0 Å². The van der Waals surface area contributed by atoms with Crippen molar-refractivity contribution in [3.63, 3.8) is 0 Å². The maximum atomic E-state index is 13.4. The van der Waals surface area contributed by atoms with E-state index in [1.807, 2.05) is 45.9 Å². The lowest BCUT2D eigenvalue weighted by Gasteiger charge is -2.32. The van der Waals surface area contributed by atoms with Crippen molar-refractivity contribution in [3.05, 3.63) is 65.1 Å². The van der Waals surface area contributed by atoms with E-state index >= 15 is 0 Å². The summed E-state index contributed by atoms with van der Waals surface area (Å²) >= 11 is 1.08. The van der Waals surface area contributed by atoms with Crippen LogP contribution in [0.2, 0.25) is 0 Å². The normalized spacial score (nSPS) is 12.4. The Balaban J connectivity index is 2.14. The van der Waals surface area contributed by atoms with Crippen molar-refractivity contribution in [2.45, 2.75) is 45.7 Å². The third kappa shape index (κ3) is 4.89. The van der Waals surface area contributed by atoms with Gasteiger partial charge in [-0.05, 0) is 68.6 Å². The number of carbonyl (C=O) groups excluding carboxylic acids is 2. The molecule has 1 atom stereocenters. The first kappa shape index (κ1) is 20.7. The summed E-state index contributed by atoms with van der Waals surface area (Å²) in [7, 11) is 0. The van der Waals surface area contributed by atoms with E-state index in [1.54, 1.807) is 23.6 Å². The van der Waals surface area contributed by atoms with Gasteiger partial charge in [0.15, 0.2) is 11.7 Å². The molecule has 152 valence electrons. The van der Waals surface area contributed by atoms with Crippen LogP contribution in [0, 0.1) is 0 Å². The molecule has 2 heterocycles. The molecule has 0 aliphatic heterocycles. The monoisotopic (exact) mass is 412 g/mol. The topological polar surface area (TPSA) is 88.3 Å². The predicted molar refractivity (Wildman–Crippen MR) is 112 cm³/mol. The Labute approximate surface area is 173 Å². The summed E-state index contributed by atoms with van der Waals surface area (Å²) in [6, 6.07) is 9.95. The van der Waals surface area contributed by atoms with Crippen LogP contribution < -0.4 is 10.2 Å². The van der Waals surface area contributed by atoms with Gasteiger partial charge in [0.25, 0.3) is 11.8 Å². The minimum Gasteiger partial charge on any atom is -0.467 e. The Morgan fingerprint density at radius 1 is 1.24 bits per heavy atom. The molecular weight excluding hydrogens is 388 g/mol. The molecule has 1 aromatic carbocycles. The second-order valence-electron chi connectivity index (χ2n) is 7.65. The number of nitrogens with one attached hydrogen (secondary N) is 1. The van der Waals surface area contributed by atoms with Crippen molar-refractivity contribution in [1.82, 2.24) is 14.9 Å². The van der Waals surface area contributed by atoms with Gasteiger partial charge in [0, 0.05) is 16.6 Å². The minimum absolute atomic E-state index is 0.178. The summed E-state index contributed by atoms with van der Waals surface area (Å²) < 4.78 is 9.37. The summed E-state index contributed by atoms with van der Waals surface area (Å²) in [5.74, 6) is -0.395. The molecule has 0 aliphatic carbocycles. The number of hydrogen-bond donors (Lipinski definition) is 1. The van der Waals surface area contributed by atoms with Gasteiger partial charge >= 0.3 is 0 Å². The summed E-state index contributed by atoms with van der Waals surface area (Å²) in [5, 5.41) is 8.45. The number of amides is 2. The van der Waals surface area contributed by atoms with Crippen LogP contribution in [0.5, 0.6) is 0 Å². The minimum atomic E-state index is -0.995. The van der Waals surface area contributed by atoms with Gasteiger partial charge in [-0.1, -0.05) is 23.5 Å². The predicted octanol–water partition coefficient (Wildman–Crippen LogP) is 4.00. The third-order valence-corrected chi connectivity index (χ3v) is 4.72. The standard InChI is InChI=1S/C21H24N4O3S/c1-5-14-8-6-9-15(12-14)25(20(27)16-13-29-24-23-16)18(17-10-7-11-28-17)19(26)22-21(2,3)4/h6-13,18H,5H2,1-4H3,(H,22,26)/t18-/m1/s1. The molecule has 0 aliphatic rings. The first-order valence-corrected chi connectivity index (χ1v) is 10.2. The Kier molecular flexibility index (Phi) is 6.12. The van der Waals surface area contributed by atoms with E-state index < -0.39 is 17.5 Å². The lowest BCUT2D eigenvalue weighted by Crippen LogP contribution is -2.49. The highest BCUT2D eigenvalue weighted by molar-refractivity contribution is 7.03. The van der Waals surface area contributed by atoms with Crippen molar-refractivity contribution in [3.8, 4) is 0 Å². The molecule has 2 amide bonds. The van der Waals surface area contributed by atoms with Gasteiger partial charge in [-0.15, -0.1) is 5.10 Å². The number of anilines is 1. The highest BCUT2D eigenvalue weighted by atomic mass is 32.1. The quantitative estimate of drug-likeness (QED) is 0.661. The van der Waals surface area contributed by atoms with Gasteiger partial charge in [0.2, 0.25) is 0 Å². The molecule has 1 N–H and O–H groups in total. The van der Waals surface area contributed by atoms with E-state index in [1.165, 1.54) is 11.2 Å². The molecule has 2 aromatic heterocycles. The summed E-state index contributed by atoms with van der Waals surface area (Å²) in [4.78, 5) is 28.1. The molecule has 8 heteroatoms. The lowest BCUT2D eigenvalue weighted by atomic mass is 10.0. The van der Waals surface area contributed by atoms with E-state index in [0.29, 0.717) is 11.4 Å². The van der Waals surface area contributed by atoms with E-state index in [4.69, 9.17) is 4.42 Å². The summed E-state index contributed by atoms with van der Waals surface area (Å²) in [5.41, 5.74) is 1.33. The van der Waals surface area contributed by atoms with Crippen LogP contribution >= 0.6 is 11.5 Å². The summed E-state index contributed by atoms with van der Waals surface area (Å²) in [6.45, 7) is 7.70. The Morgan fingerprint density at radius 2 is 2.03 bits per heavy atom. The van der Waals surface area contributed by atoms with Crippen LogP contribution in [0.4, 0.5) is 5.69 Å². The number of rotatable bonds is 6. The molecule has 3 aromatic rings. The van der Waals surface area contributed by atoms with Crippen LogP contribution in [-0.2, 0) is 11.2 Å². The molecule has 0 saturated heterocycles. The zero-order chi connectivity index (χ0) is 21.0.